The van der Waals surface area contributed by atoms with E-state index in [0.29, 0.717) is 0 Å². The molecule has 0 aromatic heterocycles. The van der Waals surface area contributed by atoms with Crippen LogP contribution in [0.1, 0.15) is 42.9 Å². The molecule has 2 heterocycles. The molecule has 110 valence electrons. The van der Waals surface area contributed by atoms with Crippen molar-refractivity contribution in [3.8, 4) is 0 Å². The van der Waals surface area contributed by atoms with Gasteiger partial charge in [-0.2, -0.15) is 0 Å². The number of hydrogen-bond donors (Lipinski definition) is 0. The van der Waals surface area contributed by atoms with E-state index in [9.17, 15) is 0 Å². The molecule has 2 aliphatic heterocycles. The Labute approximate surface area is 123 Å². The topological polar surface area (TPSA) is 6.48 Å². The lowest BCUT2D eigenvalue weighted by molar-refractivity contribution is 0.173. The van der Waals surface area contributed by atoms with E-state index in [0.717, 1.165) is 13.0 Å². The first kappa shape index (κ1) is 14.1. The lowest BCUT2D eigenvalue weighted by Crippen LogP contribution is -2.39. The maximum Gasteiger partial charge on any atom is 0.0237 e. The average Bonchev–Trinajstić information content (AvgIpc) is 2.53. The SMILES string of the molecule is CCc1ccc2c(c1)CN(CCN1CCCCC1)CC2. The molecule has 0 N–H and O–H groups in total. The number of rotatable bonds is 4. The maximum atomic E-state index is 2.65. The first-order valence-corrected chi connectivity index (χ1v) is 8.40. The molecule has 0 unspecified atom stereocenters. The maximum absolute atomic E-state index is 2.65. The van der Waals surface area contributed by atoms with Crippen LogP contribution < -0.4 is 0 Å². The standard InChI is InChI=1S/C18H28N2/c1-2-16-6-7-17-8-11-20(15-18(17)14-16)13-12-19-9-4-3-5-10-19/h6-7,14H,2-5,8-13,15H2,1H3. The summed E-state index contributed by atoms with van der Waals surface area (Å²) >= 11 is 0. The summed E-state index contributed by atoms with van der Waals surface area (Å²) in [6, 6.07) is 7.10. The fraction of sp³-hybridized carbons (Fsp3) is 0.667. The van der Waals surface area contributed by atoms with Crippen LogP contribution in [0.25, 0.3) is 0 Å². The number of fused-ring (bicyclic) bond motifs is 1. The van der Waals surface area contributed by atoms with Crippen LogP contribution >= 0.6 is 0 Å². The Morgan fingerprint density at radius 3 is 2.50 bits per heavy atom. The van der Waals surface area contributed by atoms with Crippen LogP contribution in [0.4, 0.5) is 0 Å². The number of hydrogen-bond acceptors (Lipinski definition) is 2. The van der Waals surface area contributed by atoms with E-state index < -0.39 is 0 Å². The van der Waals surface area contributed by atoms with Crippen LogP contribution in [-0.4, -0.2) is 42.5 Å². The van der Waals surface area contributed by atoms with Crippen LogP contribution in [0, 0.1) is 0 Å². The minimum atomic E-state index is 1.15. The number of nitrogens with zero attached hydrogens (tertiary/aromatic N) is 2. The summed E-state index contributed by atoms with van der Waals surface area (Å²) < 4.78 is 0. The highest BCUT2D eigenvalue weighted by molar-refractivity contribution is 5.33. The predicted molar refractivity (Wildman–Crippen MR) is 85.1 cm³/mol. The minimum Gasteiger partial charge on any atom is -0.302 e. The molecule has 1 aromatic rings. The molecule has 0 radical (unpaired) electrons. The Morgan fingerprint density at radius 2 is 1.70 bits per heavy atom. The van der Waals surface area contributed by atoms with Crippen molar-refractivity contribution in [1.82, 2.24) is 9.80 Å². The van der Waals surface area contributed by atoms with Crippen molar-refractivity contribution >= 4 is 0 Å². The number of likely N-dealkylation sites (tertiary alicyclic amines) is 1. The van der Waals surface area contributed by atoms with Gasteiger partial charge in [0.1, 0.15) is 0 Å². The van der Waals surface area contributed by atoms with Crippen molar-refractivity contribution in [3.05, 3.63) is 34.9 Å². The number of benzene rings is 1. The van der Waals surface area contributed by atoms with Gasteiger partial charge in [-0.3, -0.25) is 4.90 Å². The molecule has 0 spiro atoms. The van der Waals surface area contributed by atoms with Gasteiger partial charge in [0.05, 0.1) is 0 Å². The summed E-state index contributed by atoms with van der Waals surface area (Å²) in [5, 5.41) is 0. The Hall–Kier alpha value is -0.860. The molecule has 2 heteroatoms. The van der Waals surface area contributed by atoms with Gasteiger partial charge in [0, 0.05) is 26.2 Å². The third-order valence-electron chi connectivity index (χ3n) is 4.95. The summed E-state index contributed by atoms with van der Waals surface area (Å²) in [7, 11) is 0. The first-order chi connectivity index (χ1) is 9.85. The fourth-order valence-electron chi connectivity index (χ4n) is 3.55. The van der Waals surface area contributed by atoms with Crippen LogP contribution in [0.5, 0.6) is 0 Å². The number of piperidine rings is 1. The van der Waals surface area contributed by atoms with E-state index in [4.69, 9.17) is 0 Å². The molecule has 20 heavy (non-hydrogen) atoms. The van der Waals surface area contributed by atoms with Crippen molar-refractivity contribution in [2.45, 2.75) is 45.6 Å². The van der Waals surface area contributed by atoms with Crippen molar-refractivity contribution < 1.29 is 0 Å². The van der Waals surface area contributed by atoms with Gasteiger partial charge in [-0.25, -0.2) is 0 Å². The minimum absolute atomic E-state index is 1.15. The van der Waals surface area contributed by atoms with Crippen molar-refractivity contribution in [2.75, 3.05) is 32.7 Å². The quantitative estimate of drug-likeness (QED) is 0.831. The van der Waals surface area contributed by atoms with Gasteiger partial charge in [-0.1, -0.05) is 31.5 Å². The van der Waals surface area contributed by atoms with E-state index in [2.05, 4.69) is 34.9 Å². The molecule has 0 saturated carbocycles. The van der Waals surface area contributed by atoms with E-state index in [-0.39, 0.29) is 0 Å². The molecule has 0 atom stereocenters. The zero-order valence-corrected chi connectivity index (χ0v) is 12.9. The van der Waals surface area contributed by atoms with Gasteiger partial charge in [0.2, 0.25) is 0 Å². The average molecular weight is 272 g/mol. The van der Waals surface area contributed by atoms with Gasteiger partial charge < -0.3 is 4.90 Å². The third-order valence-corrected chi connectivity index (χ3v) is 4.95. The molecular formula is C18H28N2. The molecule has 0 bridgehead atoms. The Balaban J connectivity index is 1.54. The van der Waals surface area contributed by atoms with Gasteiger partial charge >= 0.3 is 0 Å². The smallest absolute Gasteiger partial charge is 0.0237 e. The van der Waals surface area contributed by atoms with Gasteiger partial charge in [-0.05, 0) is 55.5 Å². The van der Waals surface area contributed by atoms with Crippen molar-refractivity contribution in [1.29, 1.82) is 0 Å². The van der Waals surface area contributed by atoms with Crippen LogP contribution in [0.15, 0.2) is 18.2 Å². The van der Waals surface area contributed by atoms with Crippen LogP contribution in [-0.2, 0) is 19.4 Å². The highest BCUT2D eigenvalue weighted by Gasteiger charge is 2.17. The molecule has 0 amide bonds. The van der Waals surface area contributed by atoms with Crippen LogP contribution in [0.2, 0.25) is 0 Å². The molecule has 2 aliphatic rings. The van der Waals surface area contributed by atoms with E-state index in [1.165, 1.54) is 64.0 Å². The van der Waals surface area contributed by atoms with Crippen molar-refractivity contribution in [3.63, 3.8) is 0 Å². The lowest BCUT2D eigenvalue weighted by atomic mass is 9.96. The number of aryl methyl sites for hydroxylation is 1. The zero-order valence-electron chi connectivity index (χ0n) is 12.9. The predicted octanol–water partition coefficient (Wildman–Crippen LogP) is 3.09. The molecule has 3 rings (SSSR count). The highest BCUT2D eigenvalue weighted by atomic mass is 15.2. The summed E-state index contributed by atoms with van der Waals surface area (Å²) in [6.07, 6.45) is 6.64. The van der Waals surface area contributed by atoms with E-state index in [1.54, 1.807) is 11.1 Å². The molecule has 1 aromatic carbocycles. The molecule has 1 fully saturated rings. The Kier molecular flexibility index (Phi) is 4.74. The molecule has 2 nitrogen and oxygen atoms in total. The van der Waals surface area contributed by atoms with E-state index in [1.807, 2.05) is 0 Å². The highest BCUT2D eigenvalue weighted by Crippen LogP contribution is 2.20. The summed E-state index contributed by atoms with van der Waals surface area (Å²) in [5.41, 5.74) is 4.65. The van der Waals surface area contributed by atoms with Gasteiger partial charge in [0.15, 0.2) is 0 Å². The summed E-state index contributed by atoms with van der Waals surface area (Å²) in [5.74, 6) is 0. The Bertz CT molecular complexity index is 435. The van der Waals surface area contributed by atoms with E-state index >= 15 is 0 Å². The van der Waals surface area contributed by atoms with Crippen molar-refractivity contribution in [2.24, 2.45) is 0 Å². The summed E-state index contributed by atoms with van der Waals surface area (Å²) in [4.78, 5) is 5.30. The zero-order chi connectivity index (χ0) is 13.8. The lowest BCUT2D eigenvalue weighted by Gasteiger charge is -2.32. The fourth-order valence-corrected chi connectivity index (χ4v) is 3.55. The van der Waals surface area contributed by atoms with Gasteiger partial charge in [0.25, 0.3) is 0 Å². The molecule has 0 aliphatic carbocycles. The second kappa shape index (κ2) is 6.73. The summed E-state index contributed by atoms with van der Waals surface area (Å²) in [6.45, 7) is 9.81. The monoisotopic (exact) mass is 272 g/mol. The first-order valence-electron chi connectivity index (χ1n) is 8.40. The second-order valence-corrected chi connectivity index (χ2v) is 6.39. The Morgan fingerprint density at radius 1 is 0.900 bits per heavy atom. The normalized spacial score (nSPS) is 20.9. The molecule has 1 saturated heterocycles. The van der Waals surface area contributed by atoms with Gasteiger partial charge in [-0.15, -0.1) is 0 Å². The third kappa shape index (κ3) is 3.42. The molecular weight excluding hydrogens is 244 g/mol. The van der Waals surface area contributed by atoms with Crippen LogP contribution in [0.3, 0.4) is 0 Å². The second-order valence-electron chi connectivity index (χ2n) is 6.39. The largest absolute Gasteiger partial charge is 0.302 e.